The molecule has 0 aliphatic rings. The molecule has 6 nitrogen and oxygen atoms in total. The summed E-state index contributed by atoms with van der Waals surface area (Å²) >= 11 is 0. The normalized spacial score (nSPS) is 12.9. The number of nitriles is 1. The fourth-order valence-electron chi connectivity index (χ4n) is 0.993. The smallest absolute Gasteiger partial charge is 0.325 e. The maximum absolute atomic E-state index is 10.6. The van der Waals surface area contributed by atoms with Crippen molar-refractivity contribution in [3.8, 4) is 6.07 Å². The lowest BCUT2D eigenvalue weighted by atomic mass is 10.1. The number of hydrogen-bond acceptors (Lipinski definition) is 6. The van der Waals surface area contributed by atoms with Gasteiger partial charge >= 0.3 is 10.1 Å². The van der Waals surface area contributed by atoms with Gasteiger partial charge in [-0.25, -0.2) is 0 Å². The van der Waals surface area contributed by atoms with Crippen molar-refractivity contribution in [2.75, 3.05) is 6.26 Å². The number of oxime groups is 1. The Kier molecular flexibility index (Phi) is 4.48. The predicted molar refractivity (Wildman–Crippen MR) is 60.3 cm³/mol. The van der Waals surface area contributed by atoms with E-state index in [1.54, 1.807) is 30.3 Å². The highest BCUT2D eigenvalue weighted by molar-refractivity contribution is 7.85. The molecule has 1 rings (SSSR count). The summed E-state index contributed by atoms with van der Waals surface area (Å²) in [5, 5.41) is 11.9. The zero-order valence-corrected chi connectivity index (χ0v) is 9.79. The molecule has 17 heavy (non-hydrogen) atoms. The molecule has 0 heterocycles. The maximum atomic E-state index is 10.6. The van der Waals surface area contributed by atoms with Crippen molar-refractivity contribution >= 4 is 16.5 Å². The fourth-order valence-corrected chi connectivity index (χ4v) is 1.18. The van der Waals surface area contributed by atoms with Gasteiger partial charge in [-0.2, -0.15) is 13.7 Å². The third kappa shape index (κ3) is 4.99. The van der Waals surface area contributed by atoms with Gasteiger partial charge < -0.3 is 4.74 Å². The minimum atomic E-state index is -3.65. The van der Waals surface area contributed by atoms with Crippen molar-refractivity contribution in [1.82, 2.24) is 0 Å². The summed E-state index contributed by atoms with van der Waals surface area (Å²) < 4.78 is 30.1. The molecule has 0 aliphatic heterocycles. The Hall–Kier alpha value is -2.07. The number of ether oxygens (including phenoxy) is 1. The first-order chi connectivity index (χ1) is 8.03. The first kappa shape index (κ1) is 13.0. The molecular formula is C10H10N2O4S. The van der Waals surface area contributed by atoms with Crippen LogP contribution in [0, 0.1) is 11.3 Å². The van der Waals surface area contributed by atoms with Crippen LogP contribution in [0.15, 0.2) is 35.5 Å². The zero-order chi connectivity index (χ0) is 12.7. The molecular weight excluding hydrogens is 244 g/mol. The predicted octanol–water partition coefficient (Wildman–Crippen LogP) is 1.19. The molecule has 0 saturated carbocycles. The standard InChI is InChI=1S/C10H10N2O4S/c1-17(13,14)16-12-8-15-10(7-11)9-5-3-2-4-6-9/h2-6,8,10H,1H3. The zero-order valence-electron chi connectivity index (χ0n) is 8.98. The molecule has 0 radical (unpaired) electrons. The van der Waals surface area contributed by atoms with Crippen LogP contribution in [0.4, 0.5) is 0 Å². The van der Waals surface area contributed by atoms with Crippen LogP contribution in [0.2, 0.25) is 0 Å². The molecule has 1 aromatic carbocycles. The summed E-state index contributed by atoms with van der Waals surface area (Å²) in [6, 6.07) is 10.6. The van der Waals surface area contributed by atoms with Crippen molar-refractivity contribution in [3.05, 3.63) is 35.9 Å². The van der Waals surface area contributed by atoms with Gasteiger partial charge in [0.15, 0.2) is 0 Å². The van der Waals surface area contributed by atoms with Crippen molar-refractivity contribution in [3.63, 3.8) is 0 Å². The summed E-state index contributed by atoms with van der Waals surface area (Å²) in [5.74, 6) is 0. The van der Waals surface area contributed by atoms with E-state index in [1.807, 2.05) is 6.07 Å². The van der Waals surface area contributed by atoms with Gasteiger partial charge in [0, 0.05) is 5.56 Å². The van der Waals surface area contributed by atoms with Crippen LogP contribution in [0.1, 0.15) is 11.7 Å². The van der Waals surface area contributed by atoms with Gasteiger partial charge in [-0.1, -0.05) is 30.3 Å². The summed E-state index contributed by atoms with van der Waals surface area (Å²) in [6.45, 7) is 0. The SMILES string of the molecule is CS(=O)(=O)ON=COC(C#N)c1ccccc1. The lowest BCUT2D eigenvalue weighted by Crippen LogP contribution is -2.02. The average molecular weight is 254 g/mol. The van der Waals surface area contributed by atoms with Gasteiger partial charge in [-0.3, -0.25) is 4.28 Å². The molecule has 0 spiro atoms. The Bertz CT molecular complexity index is 519. The van der Waals surface area contributed by atoms with E-state index in [2.05, 4.69) is 9.44 Å². The van der Waals surface area contributed by atoms with E-state index in [1.165, 1.54) is 0 Å². The van der Waals surface area contributed by atoms with Crippen molar-refractivity contribution in [2.24, 2.45) is 5.16 Å². The molecule has 0 amide bonds. The molecule has 0 saturated heterocycles. The van der Waals surface area contributed by atoms with E-state index in [-0.39, 0.29) is 0 Å². The molecule has 1 atom stereocenters. The van der Waals surface area contributed by atoms with Gasteiger partial charge in [0.25, 0.3) is 0 Å². The summed E-state index contributed by atoms with van der Waals surface area (Å²) in [7, 11) is -3.65. The molecule has 0 N–H and O–H groups in total. The van der Waals surface area contributed by atoms with E-state index < -0.39 is 16.2 Å². The first-order valence-electron chi connectivity index (χ1n) is 4.53. The number of rotatable bonds is 5. The Balaban J connectivity index is 2.59. The minimum absolute atomic E-state index is 0.640. The summed E-state index contributed by atoms with van der Waals surface area (Å²) in [6.07, 6.45) is 0.772. The molecule has 7 heteroatoms. The van der Waals surface area contributed by atoms with Crippen LogP contribution in [-0.2, 0) is 19.1 Å². The number of nitrogens with zero attached hydrogens (tertiary/aromatic N) is 2. The Labute approximate surface area is 99.2 Å². The van der Waals surface area contributed by atoms with Gasteiger partial charge in [-0.05, 0) is 5.16 Å². The first-order valence-corrected chi connectivity index (χ1v) is 6.35. The number of hydrogen-bond donors (Lipinski definition) is 0. The largest absolute Gasteiger partial charge is 0.457 e. The molecule has 0 aromatic heterocycles. The van der Waals surface area contributed by atoms with E-state index >= 15 is 0 Å². The summed E-state index contributed by atoms with van der Waals surface area (Å²) in [4.78, 5) is 0. The van der Waals surface area contributed by atoms with Crippen LogP contribution in [0.5, 0.6) is 0 Å². The lowest BCUT2D eigenvalue weighted by Gasteiger charge is -2.07. The third-order valence-electron chi connectivity index (χ3n) is 1.64. The van der Waals surface area contributed by atoms with Crippen molar-refractivity contribution in [2.45, 2.75) is 6.10 Å². The van der Waals surface area contributed by atoms with Crippen molar-refractivity contribution in [1.29, 1.82) is 5.26 Å². The Morgan fingerprint density at radius 1 is 1.41 bits per heavy atom. The van der Waals surface area contributed by atoms with Crippen LogP contribution in [-0.4, -0.2) is 21.1 Å². The van der Waals surface area contributed by atoms with Gasteiger partial charge in [0.1, 0.15) is 6.07 Å². The topological polar surface area (TPSA) is 88.8 Å². The average Bonchev–Trinajstić information content (AvgIpc) is 2.29. The van der Waals surface area contributed by atoms with Gasteiger partial charge in [0.05, 0.1) is 6.26 Å². The highest BCUT2D eigenvalue weighted by atomic mass is 32.2. The van der Waals surface area contributed by atoms with Crippen LogP contribution in [0.3, 0.4) is 0 Å². The monoisotopic (exact) mass is 254 g/mol. The van der Waals surface area contributed by atoms with E-state index in [0.29, 0.717) is 5.56 Å². The van der Waals surface area contributed by atoms with Gasteiger partial charge in [-0.15, -0.1) is 0 Å². The van der Waals surface area contributed by atoms with Crippen LogP contribution < -0.4 is 0 Å². The fraction of sp³-hybridized carbons (Fsp3) is 0.200. The lowest BCUT2D eigenvalue weighted by molar-refractivity contribution is 0.242. The van der Waals surface area contributed by atoms with Crippen LogP contribution >= 0.6 is 0 Å². The highest BCUT2D eigenvalue weighted by Crippen LogP contribution is 2.14. The summed E-state index contributed by atoms with van der Waals surface area (Å²) in [5.41, 5.74) is 0.640. The number of benzene rings is 1. The molecule has 1 unspecified atom stereocenters. The third-order valence-corrected chi connectivity index (χ3v) is 1.99. The van der Waals surface area contributed by atoms with Crippen LogP contribution in [0.25, 0.3) is 0 Å². The molecule has 0 bridgehead atoms. The molecule has 90 valence electrons. The van der Waals surface area contributed by atoms with Crippen molar-refractivity contribution < 1.29 is 17.4 Å². The van der Waals surface area contributed by atoms with E-state index in [9.17, 15) is 8.42 Å². The maximum Gasteiger partial charge on any atom is 0.325 e. The quantitative estimate of drug-likeness (QED) is 0.447. The second kappa shape index (κ2) is 5.86. The second-order valence-corrected chi connectivity index (χ2v) is 4.60. The second-order valence-electron chi connectivity index (χ2n) is 3.05. The van der Waals surface area contributed by atoms with E-state index in [0.717, 1.165) is 12.7 Å². The van der Waals surface area contributed by atoms with Gasteiger partial charge in [0.2, 0.25) is 12.5 Å². The molecule has 1 aromatic rings. The Morgan fingerprint density at radius 2 is 2.06 bits per heavy atom. The molecule has 0 aliphatic carbocycles. The molecule has 0 fully saturated rings. The Morgan fingerprint density at radius 3 is 2.59 bits per heavy atom. The minimum Gasteiger partial charge on any atom is -0.457 e. The van der Waals surface area contributed by atoms with E-state index in [4.69, 9.17) is 10.00 Å². The highest BCUT2D eigenvalue weighted by Gasteiger charge is 2.09.